The van der Waals surface area contributed by atoms with E-state index in [0.29, 0.717) is 18.2 Å². The van der Waals surface area contributed by atoms with Crippen LogP contribution in [0.4, 0.5) is 11.7 Å². The second-order valence-corrected chi connectivity index (χ2v) is 7.08. The first kappa shape index (κ1) is 18.7. The van der Waals surface area contributed by atoms with E-state index in [1.807, 2.05) is 60.7 Å². The highest BCUT2D eigenvalue weighted by Crippen LogP contribution is 2.31. The molecule has 2 amide bonds. The van der Waals surface area contributed by atoms with E-state index in [0.717, 1.165) is 11.3 Å². The number of nitrogens with zero attached hydrogens (tertiary/aromatic N) is 4. The minimum absolute atomic E-state index is 0.0176. The van der Waals surface area contributed by atoms with E-state index in [-0.39, 0.29) is 30.0 Å². The number of benzene rings is 2. The molecule has 1 aliphatic heterocycles. The van der Waals surface area contributed by atoms with Gasteiger partial charge in [-0.1, -0.05) is 58.8 Å². The van der Waals surface area contributed by atoms with Gasteiger partial charge >= 0.3 is 6.01 Å². The van der Waals surface area contributed by atoms with Crippen LogP contribution in [0.3, 0.4) is 0 Å². The van der Waals surface area contributed by atoms with Crippen molar-refractivity contribution in [2.75, 3.05) is 16.8 Å². The van der Waals surface area contributed by atoms with Crippen molar-refractivity contribution < 1.29 is 18.5 Å². The highest BCUT2D eigenvalue weighted by atomic mass is 16.5. The van der Waals surface area contributed by atoms with Crippen molar-refractivity contribution in [3.8, 4) is 11.3 Å². The van der Waals surface area contributed by atoms with Gasteiger partial charge in [0, 0.05) is 30.3 Å². The number of nitrogens with one attached hydrogen (secondary N) is 1. The Morgan fingerprint density at radius 1 is 1.03 bits per heavy atom. The quantitative estimate of drug-likeness (QED) is 0.530. The molecule has 2 aromatic carbocycles. The van der Waals surface area contributed by atoms with Crippen LogP contribution in [0.25, 0.3) is 11.3 Å². The fourth-order valence-electron chi connectivity index (χ4n) is 3.46. The van der Waals surface area contributed by atoms with Crippen LogP contribution in [0.1, 0.15) is 28.7 Å². The molecule has 9 heteroatoms. The summed E-state index contributed by atoms with van der Waals surface area (Å²) in [6.45, 7) is 0.433. The van der Waals surface area contributed by atoms with Gasteiger partial charge in [0.25, 0.3) is 5.91 Å². The molecule has 2 aromatic heterocycles. The molecule has 0 saturated carbocycles. The summed E-state index contributed by atoms with van der Waals surface area (Å²) in [6, 6.07) is 20.2. The molecule has 154 valence electrons. The van der Waals surface area contributed by atoms with Gasteiger partial charge in [-0.15, -0.1) is 5.10 Å². The number of hydrogen-bond acceptors (Lipinski definition) is 7. The molecular formula is C22H17N5O4. The maximum atomic E-state index is 12.5. The summed E-state index contributed by atoms with van der Waals surface area (Å²) in [6.07, 6.45) is 0.258. The molecular weight excluding hydrogens is 398 g/mol. The van der Waals surface area contributed by atoms with Gasteiger partial charge in [-0.05, 0) is 12.1 Å². The number of para-hydroxylation sites is 1. The molecule has 0 bridgehead atoms. The Morgan fingerprint density at radius 2 is 1.77 bits per heavy atom. The lowest BCUT2D eigenvalue weighted by molar-refractivity contribution is -0.117. The third-order valence-corrected chi connectivity index (χ3v) is 5.00. The van der Waals surface area contributed by atoms with Crippen molar-refractivity contribution in [3.63, 3.8) is 0 Å². The SMILES string of the molecule is O=C(Nc1nnc(C2CC(=O)N(c3ccccc3)C2)o1)c1cc(-c2ccccc2)on1. The van der Waals surface area contributed by atoms with Gasteiger partial charge in [0.05, 0.1) is 5.92 Å². The average molecular weight is 415 g/mol. The molecule has 1 saturated heterocycles. The lowest BCUT2D eigenvalue weighted by Crippen LogP contribution is -2.24. The van der Waals surface area contributed by atoms with Gasteiger partial charge in [0.2, 0.25) is 11.8 Å². The summed E-state index contributed by atoms with van der Waals surface area (Å²) in [5.41, 5.74) is 1.72. The first-order valence-corrected chi connectivity index (χ1v) is 9.69. The van der Waals surface area contributed by atoms with Crippen LogP contribution in [-0.2, 0) is 4.79 Å². The smallest absolute Gasteiger partial charge is 0.322 e. The Labute approximate surface area is 176 Å². The zero-order chi connectivity index (χ0) is 21.2. The molecule has 1 unspecified atom stereocenters. The van der Waals surface area contributed by atoms with Crippen molar-refractivity contribution in [2.45, 2.75) is 12.3 Å². The van der Waals surface area contributed by atoms with Crippen LogP contribution in [0.15, 0.2) is 75.7 Å². The summed E-state index contributed by atoms with van der Waals surface area (Å²) >= 11 is 0. The minimum atomic E-state index is -0.533. The summed E-state index contributed by atoms with van der Waals surface area (Å²) in [5, 5.41) is 14.2. The molecule has 31 heavy (non-hydrogen) atoms. The molecule has 5 rings (SSSR count). The van der Waals surface area contributed by atoms with Crippen LogP contribution in [0.5, 0.6) is 0 Å². The van der Waals surface area contributed by atoms with E-state index in [4.69, 9.17) is 8.94 Å². The second kappa shape index (κ2) is 7.86. The summed E-state index contributed by atoms with van der Waals surface area (Å²) in [7, 11) is 0. The number of rotatable bonds is 5. The Morgan fingerprint density at radius 3 is 2.55 bits per heavy atom. The minimum Gasteiger partial charge on any atom is -0.407 e. The standard InChI is InChI=1S/C22H17N5O4/c28-19-11-15(13-27(19)16-9-5-2-6-10-16)21-24-25-22(30-21)23-20(29)17-12-18(31-26-17)14-7-3-1-4-8-14/h1-10,12,15H,11,13H2,(H,23,25,29). The fourth-order valence-corrected chi connectivity index (χ4v) is 3.46. The molecule has 0 aliphatic carbocycles. The third-order valence-electron chi connectivity index (χ3n) is 5.00. The third kappa shape index (κ3) is 3.80. The van der Waals surface area contributed by atoms with E-state index < -0.39 is 5.91 Å². The monoisotopic (exact) mass is 415 g/mol. The lowest BCUT2D eigenvalue weighted by atomic mass is 10.1. The highest BCUT2D eigenvalue weighted by Gasteiger charge is 2.35. The summed E-state index contributed by atoms with van der Waals surface area (Å²) < 4.78 is 10.8. The largest absolute Gasteiger partial charge is 0.407 e. The van der Waals surface area contributed by atoms with Crippen molar-refractivity contribution in [3.05, 3.63) is 78.3 Å². The molecule has 3 heterocycles. The summed E-state index contributed by atoms with van der Waals surface area (Å²) in [4.78, 5) is 26.5. The first-order valence-electron chi connectivity index (χ1n) is 9.69. The molecule has 9 nitrogen and oxygen atoms in total. The number of anilines is 2. The van der Waals surface area contributed by atoms with Crippen LogP contribution >= 0.6 is 0 Å². The van der Waals surface area contributed by atoms with Gasteiger partial charge in [0.1, 0.15) is 0 Å². The topological polar surface area (TPSA) is 114 Å². The number of carbonyl (C=O) groups is 2. The van der Waals surface area contributed by atoms with Crippen molar-refractivity contribution >= 4 is 23.5 Å². The van der Waals surface area contributed by atoms with Crippen molar-refractivity contribution in [1.82, 2.24) is 15.4 Å². The molecule has 1 atom stereocenters. The van der Waals surface area contributed by atoms with Gasteiger partial charge in [-0.3, -0.25) is 14.9 Å². The average Bonchev–Trinajstić information content (AvgIpc) is 3.55. The van der Waals surface area contributed by atoms with E-state index in [2.05, 4.69) is 20.7 Å². The Kier molecular flexibility index (Phi) is 4.75. The predicted octanol–water partition coefficient (Wildman–Crippen LogP) is 3.50. The highest BCUT2D eigenvalue weighted by molar-refractivity contribution is 6.02. The van der Waals surface area contributed by atoms with Gasteiger partial charge in [-0.2, -0.15) is 0 Å². The van der Waals surface area contributed by atoms with E-state index in [1.165, 1.54) is 6.07 Å². The zero-order valence-corrected chi connectivity index (χ0v) is 16.3. The van der Waals surface area contributed by atoms with E-state index >= 15 is 0 Å². The molecule has 0 radical (unpaired) electrons. The number of aromatic nitrogens is 3. The Balaban J connectivity index is 1.26. The maximum absolute atomic E-state index is 12.5. The molecule has 1 aliphatic rings. The maximum Gasteiger partial charge on any atom is 0.322 e. The zero-order valence-electron chi connectivity index (χ0n) is 16.3. The Bertz CT molecular complexity index is 1220. The second-order valence-electron chi connectivity index (χ2n) is 7.08. The molecule has 4 aromatic rings. The predicted molar refractivity (Wildman–Crippen MR) is 110 cm³/mol. The van der Waals surface area contributed by atoms with E-state index in [1.54, 1.807) is 4.90 Å². The van der Waals surface area contributed by atoms with Gasteiger partial charge in [0.15, 0.2) is 11.5 Å². The molecule has 1 N–H and O–H groups in total. The fraction of sp³-hybridized carbons (Fsp3) is 0.136. The first-order chi connectivity index (χ1) is 15.2. The molecule has 0 spiro atoms. The van der Waals surface area contributed by atoms with Crippen LogP contribution < -0.4 is 10.2 Å². The lowest BCUT2D eigenvalue weighted by Gasteiger charge is -2.15. The molecule has 1 fully saturated rings. The van der Waals surface area contributed by atoms with Crippen LogP contribution in [0.2, 0.25) is 0 Å². The number of carbonyl (C=O) groups excluding carboxylic acids is 2. The number of hydrogen-bond donors (Lipinski definition) is 1. The number of amides is 2. The normalized spacial score (nSPS) is 15.9. The van der Waals surface area contributed by atoms with E-state index in [9.17, 15) is 9.59 Å². The Hall–Kier alpha value is -4.27. The van der Waals surface area contributed by atoms with Crippen LogP contribution in [0, 0.1) is 0 Å². The summed E-state index contributed by atoms with van der Waals surface area (Å²) in [5.74, 6) is -0.0252. The van der Waals surface area contributed by atoms with Crippen LogP contribution in [-0.4, -0.2) is 33.7 Å². The van der Waals surface area contributed by atoms with Crippen molar-refractivity contribution in [2.24, 2.45) is 0 Å². The van der Waals surface area contributed by atoms with Gasteiger partial charge in [-0.25, -0.2) is 0 Å². The van der Waals surface area contributed by atoms with Gasteiger partial charge < -0.3 is 13.8 Å². The van der Waals surface area contributed by atoms with Crippen molar-refractivity contribution in [1.29, 1.82) is 0 Å².